The number of pyridine rings is 1. The smallest absolute Gasteiger partial charge is 0.431 e. The summed E-state index contributed by atoms with van der Waals surface area (Å²) in [5.41, 5.74) is 0.112. The van der Waals surface area contributed by atoms with Crippen LogP contribution in [-0.4, -0.2) is 37.2 Å². The minimum absolute atomic E-state index is 0.104. The molecule has 11 nitrogen and oxygen atoms in total. The Labute approximate surface area is 189 Å². The second-order valence-electron chi connectivity index (χ2n) is 7.81. The Bertz CT molecular complexity index is 1080. The lowest BCUT2D eigenvalue weighted by Crippen LogP contribution is -2.38. The summed E-state index contributed by atoms with van der Waals surface area (Å²) in [4.78, 5) is 37.0. The van der Waals surface area contributed by atoms with Gasteiger partial charge in [-0.3, -0.25) is 23.2 Å². The normalized spacial score (nSPS) is 32.4. The highest BCUT2D eigenvalue weighted by molar-refractivity contribution is 7.73. The van der Waals surface area contributed by atoms with Crippen LogP contribution in [0, 0.1) is 0 Å². The van der Waals surface area contributed by atoms with Crippen molar-refractivity contribution in [2.24, 2.45) is 0 Å². The molecule has 178 valence electrons. The Morgan fingerprint density at radius 2 is 1.76 bits per heavy atom. The monoisotopic (exact) mass is 499 g/mol. The number of carbonyl (C=O) groups is 1. The second kappa shape index (κ2) is 9.27. The number of hydrogen-bond donors (Lipinski definition) is 3. The average molecular weight is 499 g/mol. The van der Waals surface area contributed by atoms with Gasteiger partial charge in [0, 0.05) is 18.8 Å². The number of rotatable bonds is 5. The van der Waals surface area contributed by atoms with Gasteiger partial charge in [0.2, 0.25) is 6.29 Å². The van der Waals surface area contributed by atoms with Crippen LogP contribution in [0.25, 0.3) is 0 Å². The van der Waals surface area contributed by atoms with E-state index in [1.54, 1.807) is 0 Å². The minimum atomic E-state index is -5.18. The Morgan fingerprint density at radius 3 is 2.39 bits per heavy atom. The molecule has 33 heavy (non-hydrogen) atoms. The van der Waals surface area contributed by atoms with E-state index >= 15 is 0 Å². The first-order chi connectivity index (χ1) is 15.6. The maximum Gasteiger partial charge on any atom is 0.514 e. The number of aliphatic hydroxyl groups is 1. The van der Waals surface area contributed by atoms with E-state index in [1.807, 2.05) is 0 Å². The van der Waals surface area contributed by atoms with Crippen LogP contribution in [0.3, 0.4) is 0 Å². The molecule has 0 radical (unpaired) electrons. The number of aromatic nitrogens is 1. The molecule has 1 aromatic heterocycles. The molecule has 0 bridgehead atoms. The Kier molecular flexibility index (Phi) is 6.75. The molecule has 1 aliphatic carbocycles. The molecule has 1 saturated heterocycles. The predicted molar refractivity (Wildman–Crippen MR) is 113 cm³/mol. The van der Waals surface area contributed by atoms with Crippen molar-refractivity contribution in [1.29, 1.82) is 0 Å². The number of carbonyl (C=O) groups excluding carboxylic acids is 1. The van der Waals surface area contributed by atoms with Gasteiger partial charge in [0.15, 0.2) is 0 Å². The zero-order valence-corrected chi connectivity index (χ0v) is 19.1. The SMILES string of the molecule is O=C(Oc1ccccc1C1OP(=O)(O)C(O)(Cc2cccnc2)P(=O)(O)O1)OC1CCCC1. The quantitative estimate of drug-likeness (QED) is 0.311. The van der Waals surface area contributed by atoms with Crippen LogP contribution >= 0.6 is 15.2 Å². The van der Waals surface area contributed by atoms with Gasteiger partial charge in [-0.1, -0.05) is 24.3 Å². The summed E-state index contributed by atoms with van der Waals surface area (Å²) in [6.07, 6.45) is 2.19. The number of nitrogens with zero attached hydrogens (tertiary/aromatic N) is 1. The number of para-hydroxylation sites is 1. The van der Waals surface area contributed by atoms with Crippen molar-refractivity contribution in [3.05, 3.63) is 59.9 Å². The van der Waals surface area contributed by atoms with Crippen molar-refractivity contribution in [2.45, 2.75) is 49.6 Å². The third kappa shape index (κ3) is 4.90. The summed E-state index contributed by atoms with van der Waals surface area (Å²) >= 11 is 0. The van der Waals surface area contributed by atoms with Gasteiger partial charge < -0.3 is 24.4 Å². The molecule has 2 aliphatic rings. The van der Waals surface area contributed by atoms with Crippen molar-refractivity contribution < 1.29 is 47.3 Å². The minimum Gasteiger partial charge on any atom is -0.431 e. The summed E-state index contributed by atoms with van der Waals surface area (Å²) in [6.45, 7) is 0. The number of ether oxygens (including phenoxy) is 2. The maximum atomic E-state index is 13.0. The molecule has 2 atom stereocenters. The standard InChI is InChI=1S/C20H23NO10P2/c22-19(28-15-7-1-2-8-15)29-17-10-4-3-9-16(17)18-30-32(24,25)20(23,33(26,27)31-18)12-14-6-5-11-21-13-14/h3-6,9-11,13,15,18,23H,1-2,7-8,12H2,(H,24,25)(H,26,27). The lowest BCUT2D eigenvalue weighted by Gasteiger charge is -2.41. The molecule has 1 aliphatic heterocycles. The van der Waals surface area contributed by atoms with Gasteiger partial charge in [0.1, 0.15) is 11.9 Å². The first kappa shape index (κ1) is 24.0. The highest BCUT2D eigenvalue weighted by Crippen LogP contribution is 2.79. The van der Waals surface area contributed by atoms with Crippen LogP contribution in [0.5, 0.6) is 5.75 Å². The van der Waals surface area contributed by atoms with E-state index in [0.29, 0.717) is 0 Å². The van der Waals surface area contributed by atoms with Gasteiger partial charge in [-0.15, -0.1) is 0 Å². The zero-order valence-electron chi connectivity index (χ0n) is 17.4. The van der Waals surface area contributed by atoms with Crippen molar-refractivity contribution in [1.82, 2.24) is 4.98 Å². The molecule has 1 saturated carbocycles. The average Bonchev–Trinajstić information content (AvgIpc) is 3.26. The van der Waals surface area contributed by atoms with E-state index in [9.17, 15) is 28.8 Å². The van der Waals surface area contributed by atoms with E-state index in [-0.39, 0.29) is 23.0 Å². The van der Waals surface area contributed by atoms with Crippen molar-refractivity contribution >= 4 is 21.3 Å². The Morgan fingerprint density at radius 1 is 1.09 bits per heavy atom. The molecule has 1 aromatic carbocycles. The lowest BCUT2D eigenvalue weighted by atomic mass is 10.2. The molecule has 4 rings (SSSR count). The molecule has 3 N–H and O–H groups in total. The first-order valence-corrected chi connectivity index (χ1v) is 13.4. The number of hydrogen-bond acceptors (Lipinski definition) is 9. The van der Waals surface area contributed by atoms with Gasteiger partial charge in [-0.25, -0.2) is 4.79 Å². The molecule has 2 heterocycles. The van der Waals surface area contributed by atoms with Gasteiger partial charge >= 0.3 is 21.3 Å². The summed E-state index contributed by atoms with van der Waals surface area (Å²) in [5, 5.41) is 7.68. The van der Waals surface area contributed by atoms with Crippen LogP contribution in [0.1, 0.15) is 43.1 Å². The molecular formula is C20H23NO10P2. The Balaban J connectivity index is 1.57. The fraction of sp³-hybridized carbons (Fsp3) is 0.400. The van der Waals surface area contributed by atoms with E-state index in [1.165, 1.54) is 48.8 Å². The van der Waals surface area contributed by atoms with Crippen molar-refractivity contribution in [2.75, 3.05) is 0 Å². The fourth-order valence-electron chi connectivity index (χ4n) is 3.72. The summed E-state index contributed by atoms with van der Waals surface area (Å²) < 4.78 is 46.6. The molecule has 2 fully saturated rings. The second-order valence-corrected chi connectivity index (χ2v) is 12.1. The van der Waals surface area contributed by atoms with E-state index in [2.05, 4.69) is 4.98 Å². The third-order valence-electron chi connectivity index (χ3n) is 5.48. The highest BCUT2D eigenvalue weighted by Gasteiger charge is 2.67. The van der Waals surface area contributed by atoms with E-state index in [0.717, 1.165) is 25.7 Å². The predicted octanol–water partition coefficient (Wildman–Crippen LogP) is 3.84. The molecule has 0 spiro atoms. The van der Waals surface area contributed by atoms with Crippen LogP contribution < -0.4 is 4.74 Å². The molecule has 13 heteroatoms. The topological polar surface area (TPSA) is 162 Å². The van der Waals surface area contributed by atoms with Gasteiger partial charge in [-0.05, 0) is 43.4 Å². The molecular weight excluding hydrogens is 476 g/mol. The molecule has 2 unspecified atom stereocenters. The van der Waals surface area contributed by atoms with Crippen LogP contribution in [0.2, 0.25) is 0 Å². The van der Waals surface area contributed by atoms with Gasteiger partial charge in [0.05, 0.1) is 5.56 Å². The zero-order chi connectivity index (χ0) is 23.7. The largest absolute Gasteiger partial charge is 0.514 e. The van der Waals surface area contributed by atoms with Crippen LogP contribution in [0.15, 0.2) is 48.8 Å². The van der Waals surface area contributed by atoms with E-state index < -0.39 is 39.1 Å². The summed E-state index contributed by atoms with van der Waals surface area (Å²) in [6, 6.07) is 8.62. The highest BCUT2D eigenvalue weighted by atomic mass is 31.2. The first-order valence-electron chi connectivity index (χ1n) is 10.2. The lowest BCUT2D eigenvalue weighted by molar-refractivity contribution is -0.0589. The number of benzene rings is 1. The van der Waals surface area contributed by atoms with Crippen LogP contribution in [0.4, 0.5) is 4.79 Å². The third-order valence-corrected chi connectivity index (χ3v) is 10.1. The van der Waals surface area contributed by atoms with Gasteiger partial charge in [0.25, 0.3) is 5.08 Å². The molecule has 2 aromatic rings. The molecule has 0 amide bonds. The maximum absolute atomic E-state index is 13.0. The summed E-state index contributed by atoms with van der Waals surface area (Å²) in [5.74, 6) is -0.150. The van der Waals surface area contributed by atoms with Crippen molar-refractivity contribution in [3.8, 4) is 5.75 Å². The Hall–Kier alpha value is -2.10. The van der Waals surface area contributed by atoms with Gasteiger partial charge in [-0.2, -0.15) is 0 Å². The van der Waals surface area contributed by atoms with Crippen LogP contribution in [-0.2, 0) is 29.3 Å². The fourth-order valence-corrected chi connectivity index (χ4v) is 7.28. The van der Waals surface area contributed by atoms with E-state index in [4.69, 9.17) is 18.5 Å². The summed E-state index contributed by atoms with van der Waals surface area (Å²) in [7, 11) is -10.4. The van der Waals surface area contributed by atoms with Crippen molar-refractivity contribution in [3.63, 3.8) is 0 Å².